The molecule has 4 nitrogen and oxygen atoms in total. The van der Waals surface area contributed by atoms with Gasteiger partial charge in [-0.2, -0.15) is 0 Å². The van der Waals surface area contributed by atoms with Gasteiger partial charge in [0.05, 0.1) is 18.7 Å². The van der Waals surface area contributed by atoms with E-state index in [0.29, 0.717) is 6.04 Å². The lowest BCUT2D eigenvalue weighted by Gasteiger charge is -2.22. The third-order valence-electron chi connectivity index (χ3n) is 3.23. The van der Waals surface area contributed by atoms with Crippen molar-refractivity contribution in [3.05, 3.63) is 0 Å². The fourth-order valence-electron chi connectivity index (χ4n) is 2.34. The Morgan fingerprint density at radius 1 is 1.53 bits per heavy atom. The Morgan fingerprint density at radius 3 is 3.07 bits per heavy atom. The van der Waals surface area contributed by atoms with Crippen LogP contribution < -0.4 is 5.32 Å². The van der Waals surface area contributed by atoms with E-state index in [-0.39, 0.29) is 11.9 Å². The van der Waals surface area contributed by atoms with Gasteiger partial charge < -0.3 is 15.0 Å². The quantitative estimate of drug-likeness (QED) is 0.732. The minimum Gasteiger partial charge on any atom is -0.379 e. The molecule has 0 aromatic rings. The summed E-state index contributed by atoms with van der Waals surface area (Å²) in [5, 5.41) is 3.30. The largest absolute Gasteiger partial charge is 0.379 e. The second-order valence-electron chi connectivity index (χ2n) is 4.34. The highest BCUT2D eigenvalue weighted by Gasteiger charge is 2.36. The van der Waals surface area contributed by atoms with Crippen molar-refractivity contribution >= 4 is 5.91 Å². The molecule has 1 N–H and O–H groups in total. The highest BCUT2D eigenvalue weighted by molar-refractivity contribution is 5.84. The zero-order valence-electron chi connectivity index (χ0n) is 9.37. The summed E-state index contributed by atoms with van der Waals surface area (Å²) in [6.45, 7) is 5.49. The maximum Gasteiger partial charge on any atom is 0.240 e. The van der Waals surface area contributed by atoms with Gasteiger partial charge >= 0.3 is 0 Å². The SMILES string of the molecule is CCCNC1CCN(C2CCOC2)C1=O. The van der Waals surface area contributed by atoms with Crippen LogP contribution in [0.15, 0.2) is 0 Å². The van der Waals surface area contributed by atoms with Crippen LogP contribution in [0, 0.1) is 0 Å². The zero-order chi connectivity index (χ0) is 10.7. The van der Waals surface area contributed by atoms with E-state index < -0.39 is 0 Å². The number of ether oxygens (including phenoxy) is 1. The van der Waals surface area contributed by atoms with Gasteiger partial charge in [0.25, 0.3) is 0 Å². The molecule has 0 saturated carbocycles. The Kier molecular flexibility index (Phi) is 3.59. The number of amides is 1. The van der Waals surface area contributed by atoms with E-state index in [4.69, 9.17) is 4.74 Å². The van der Waals surface area contributed by atoms with Crippen LogP contribution in [0.5, 0.6) is 0 Å². The maximum absolute atomic E-state index is 12.0. The van der Waals surface area contributed by atoms with Gasteiger partial charge in [0.1, 0.15) is 0 Å². The van der Waals surface area contributed by atoms with Crippen LogP contribution in [0.1, 0.15) is 26.2 Å². The topological polar surface area (TPSA) is 41.6 Å². The molecule has 2 aliphatic heterocycles. The third-order valence-corrected chi connectivity index (χ3v) is 3.23. The number of likely N-dealkylation sites (tertiary alicyclic amines) is 1. The Morgan fingerprint density at radius 2 is 2.40 bits per heavy atom. The van der Waals surface area contributed by atoms with Crippen LogP contribution in [0.25, 0.3) is 0 Å². The summed E-state index contributed by atoms with van der Waals surface area (Å²) in [6, 6.07) is 0.400. The molecule has 2 fully saturated rings. The molecule has 86 valence electrons. The van der Waals surface area contributed by atoms with Crippen LogP contribution in [0.4, 0.5) is 0 Å². The van der Waals surface area contributed by atoms with Crippen molar-refractivity contribution in [1.29, 1.82) is 0 Å². The number of rotatable bonds is 4. The summed E-state index contributed by atoms with van der Waals surface area (Å²) in [5.74, 6) is 0.277. The average molecular weight is 212 g/mol. The Hall–Kier alpha value is -0.610. The van der Waals surface area contributed by atoms with Crippen LogP contribution in [-0.4, -0.2) is 49.2 Å². The first-order valence-corrected chi connectivity index (χ1v) is 5.94. The van der Waals surface area contributed by atoms with Gasteiger partial charge in [0.2, 0.25) is 5.91 Å². The summed E-state index contributed by atoms with van der Waals surface area (Å²) >= 11 is 0. The molecule has 4 heteroatoms. The van der Waals surface area contributed by atoms with Gasteiger partial charge in [0, 0.05) is 13.2 Å². The summed E-state index contributed by atoms with van der Waals surface area (Å²) in [5.41, 5.74) is 0. The van der Waals surface area contributed by atoms with Crippen LogP contribution in [0.2, 0.25) is 0 Å². The van der Waals surface area contributed by atoms with Gasteiger partial charge in [-0.25, -0.2) is 0 Å². The van der Waals surface area contributed by atoms with Crippen molar-refractivity contribution in [1.82, 2.24) is 10.2 Å². The van der Waals surface area contributed by atoms with E-state index in [1.165, 1.54) is 0 Å². The molecule has 15 heavy (non-hydrogen) atoms. The highest BCUT2D eigenvalue weighted by Crippen LogP contribution is 2.20. The molecule has 2 rings (SSSR count). The summed E-state index contributed by atoms with van der Waals surface area (Å²) < 4.78 is 5.32. The van der Waals surface area contributed by atoms with Gasteiger partial charge in [-0.05, 0) is 25.8 Å². The molecule has 0 aromatic carbocycles. The Bertz CT molecular complexity index is 227. The molecule has 1 amide bonds. The van der Waals surface area contributed by atoms with Crippen molar-refractivity contribution in [3.63, 3.8) is 0 Å². The van der Waals surface area contributed by atoms with E-state index >= 15 is 0 Å². The van der Waals surface area contributed by atoms with Crippen LogP contribution in [-0.2, 0) is 9.53 Å². The Balaban J connectivity index is 1.85. The van der Waals surface area contributed by atoms with Gasteiger partial charge in [-0.15, -0.1) is 0 Å². The van der Waals surface area contributed by atoms with Crippen molar-refractivity contribution in [2.75, 3.05) is 26.3 Å². The van der Waals surface area contributed by atoms with Crippen LogP contribution >= 0.6 is 0 Å². The maximum atomic E-state index is 12.0. The van der Waals surface area contributed by atoms with Crippen molar-refractivity contribution in [3.8, 4) is 0 Å². The predicted molar refractivity (Wildman–Crippen MR) is 57.6 cm³/mol. The number of nitrogens with zero attached hydrogens (tertiary/aromatic N) is 1. The molecular weight excluding hydrogens is 192 g/mol. The second-order valence-corrected chi connectivity index (χ2v) is 4.34. The lowest BCUT2D eigenvalue weighted by atomic mass is 10.2. The van der Waals surface area contributed by atoms with Crippen LogP contribution in [0.3, 0.4) is 0 Å². The van der Waals surface area contributed by atoms with Gasteiger partial charge in [0.15, 0.2) is 0 Å². The summed E-state index contributed by atoms with van der Waals surface area (Å²) in [4.78, 5) is 14.0. The molecule has 2 unspecified atom stereocenters. The molecule has 0 aromatic heterocycles. The number of hydrogen-bond acceptors (Lipinski definition) is 3. The van der Waals surface area contributed by atoms with Gasteiger partial charge in [-0.1, -0.05) is 6.92 Å². The molecule has 2 saturated heterocycles. The monoisotopic (exact) mass is 212 g/mol. The van der Waals surface area contributed by atoms with E-state index in [2.05, 4.69) is 12.2 Å². The molecule has 0 bridgehead atoms. The first-order valence-electron chi connectivity index (χ1n) is 5.94. The first kappa shape index (κ1) is 10.9. The number of carbonyl (C=O) groups excluding carboxylic acids is 1. The molecule has 2 heterocycles. The van der Waals surface area contributed by atoms with Crippen molar-refractivity contribution in [2.45, 2.75) is 38.3 Å². The van der Waals surface area contributed by atoms with E-state index in [1.807, 2.05) is 4.90 Å². The number of nitrogens with one attached hydrogen (secondary N) is 1. The molecule has 2 aliphatic rings. The fraction of sp³-hybridized carbons (Fsp3) is 0.909. The standard InChI is InChI=1S/C11H20N2O2/c1-2-5-12-10-3-6-13(11(10)14)9-4-7-15-8-9/h9-10,12H,2-8H2,1H3. The van der Waals surface area contributed by atoms with E-state index in [9.17, 15) is 4.79 Å². The molecule has 2 atom stereocenters. The molecular formula is C11H20N2O2. The highest BCUT2D eigenvalue weighted by atomic mass is 16.5. The minimum atomic E-state index is 0.0607. The van der Waals surface area contributed by atoms with E-state index in [1.54, 1.807) is 0 Å². The fourth-order valence-corrected chi connectivity index (χ4v) is 2.34. The molecule has 0 radical (unpaired) electrons. The predicted octanol–water partition coefficient (Wildman–Crippen LogP) is 0.376. The van der Waals surface area contributed by atoms with E-state index in [0.717, 1.165) is 45.6 Å². The second kappa shape index (κ2) is 4.94. The van der Waals surface area contributed by atoms with Gasteiger partial charge in [-0.3, -0.25) is 4.79 Å². The average Bonchev–Trinajstić information content (AvgIpc) is 2.84. The molecule has 0 spiro atoms. The smallest absolute Gasteiger partial charge is 0.240 e. The zero-order valence-corrected chi connectivity index (χ0v) is 9.37. The summed E-state index contributed by atoms with van der Waals surface area (Å²) in [6.07, 6.45) is 3.04. The summed E-state index contributed by atoms with van der Waals surface area (Å²) in [7, 11) is 0. The minimum absolute atomic E-state index is 0.0607. The number of carbonyl (C=O) groups is 1. The number of hydrogen-bond donors (Lipinski definition) is 1. The molecule has 0 aliphatic carbocycles. The first-order chi connectivity index (χ1) is 7.33. The third kappa shape index (κ3) is 2.32. The lowest BCUT2D eigenvalue weighted by molar-refractivity contribution is -0.131. The normalized spacial score (nSPS) is 31.5. The lowest BCUT2D eigenvalue weighted by Crippen LogP contribution is -2.43. The van der Waals surface area contributed by atoms with Crippen molar-refractivity contribution < 1.29 is 9.53 Å². The Labute approximate surface area is 91.0 Å². The van der Waals surface area contributed by atoms with Crippen molar-refractivity contribution in [2.24, 2.45) is 0 Å².